The normalized spacial score (nSPS) is 11.6. The van der Waals surface area contributed by atoms with Gasteiger partial charge < -0.3 is 15.8 Å². The maximum atomic E-state index is 12.5. The van der Waals surface area contributed by atoms with E-state index in [9.17, 15) is 13.2 Å². The van der Waals surface area contributed by atoms with E-state index in [1.54, 1.807) is 19.1 Å². The maximum absolute atomic E-state index is 12.5. The van der Waals surface area contributed by atoms with E-state index in [0.717, 1.165) is 30.0 Å². The molecule has 0 saturated heterocycles. The monoisotopic (exact) mass is 371 g/mol. The molecule has 1 rings (SSSR count). The molecule has 0 atom stereocenters. The number of hydrogen-bond acceptors (Lipinski definition) is 5. The van der Waals surface area contributed by atoms with Crippen LogP contribution in [0.2, 0.25) is 0 Å². The van der Waals surface area contributed by atoms with Gasteiger partial charge in [-0.25, -0.2) is 12.7 Å². The first kappa shape index (κ1) is 21.4. The Kier molecular flexibility index (Phi) is 8.88. The first-order valence-corrected chi connectivity index (χ1v) is 9.96. The molecule has 0 aromatic heterocycles. The van der Waals surface area contributed by atoms with Crippen LogP contribution in [0.1, 0.15) is 39.0 Å². The van der Waals surface area contributed by atoms with Gasteiger partial charge in [0.1, 0.15) is 10.6 Å². The molecule has 1 aromatic rings. The van der Waals surface area contributed by atoms with Gasteiger partial charge in [0.05, 0.1) is 6.61 Å². The molecule has 0 spiro atoms. The fourth-order valence-corrected chi connectivity index (χ4v) is 3.32. The van der Waals surface area contributed by atoms with Crippen LogP contribution in [-0.2, 0) is 14.8 Å². The quantitative estimate of drug-likeness (QED) is 0.581. The highest BCUT2D eigenvalue weighted by molar-refractivity contribution is 7.89. The summed E-state index contributed by atoms with van der Waals surface area (Å²) in [6, 6.07) is 4.65. The molecule has 0 aliphatic carbocycles. The molecule has 8 heteroatoms. The van der Waals surface area contributed by atoms with Crippen LogP contribution in [0.25, 0.3) is 0 Å². The highest BCUT2D eigenvalue weighted by atomic mass is 32.2. The maximum Gasteiger partial charge on any atom is 0.246 e. The molecule has 1 aromatic carbocycles. The minimum absolute atomic E-state index is 0.0418. The summed E-state index contributed by atoms with van der Waals surface area (Å²) in [5.41, 5.74) is 5.88. The van der Waals surface area contributed by atoms with Crippen LogP contribution in [0.5, 0.6) is 5.75 Å². The van der Waals surface area contributed by atoms with Crippen molar-refractivity contribution in [1.82, 2.24) is 4.31 Å². The Labute approximate surface area is 150 Å². The number of sulfonamides is 1. The average Bonchev–Trinajstić information content (AvgIpc) is 2.56. The van der Waals surface area contributed by atoms with Crippen molar-refractivity contribution in [3.05, 3.63) is 18.2 Å². The second-order valence-electron chi connectivity index (χ2n) is 5.88. The zero-order valence-corrected chi connectivity index (χ0v) is 16.1. The number of benzene rings is 1. The molecule has 0 aliphatic rings. The molecule has 0 fully saturated rings. The second kappa shape index (κ2) is 10.4. The lowest BCUT2D eigenvalue weighted by Gasteiger charge is -2.16. The van der Waals surface area contributed by atoms with Gasteiger partial charge in [-0.1, -0.05) is 12.8 Å². The zero-order chi connectivity index (χ0) is 18.9. The molecule has 0 radical (unpaired) electrons. The molecule has 1 amide bonds. The molecule has 3 N–H and O–H groups in total. The van der Waals surface area contributed by atoms with Gasteiger partial charge in [-0.3, -0.25) is 4.79 Å². The highest BCUT2D eigenvalue weighted by Crippen LogP contribution is 2.29. The average molecular weight is 372 g/mol. The van der Waals surface area contributed by atoms with Crippen LogP contribution in [0.3, 0.4) is 0 Å². The molecule has 0 unspecified atom stereocenters. The van der Waals surface area contributed by atoms with Crippen molar-refractivity contribution in [3.63, 3.8) is 0 Å². The third-order valence-electron chi connectivity index (χ3n) is 3.64. The first-order chi connectivity index (χ1) is 11.8. The molecular formula is C17H29N3O4S. The summed E-state index contributed by atoms with van der Waals surface area (Å²) in [4.78, 5) is 12.1. The molecule has 0 heterocycles. The molecule has 25 heavy (non-hydrogen) atoms. The van der Waals surface area contributed by atoms with E-state index in [1.165, 1.54) is 20.2 Å². The second-order valence-corrected chi connectivity index (χ2v) is 8.00. The number of unbranched alkanes of at least 4 members (excludes halogenated alkanes) is 3. The summed E-state index contributed by atoms with van der Waals surface area (Å²) in [5.74, 6) is 0.140. The number of anilines is 1. The van der Waals surface area contributed by atoms with Crippen molar-refractivity contribution in [1.29, 1.82) is 0 Å². The minimum Gasteiger partial charge on any atom is -0.492 e. The largest absolute Gasteiger partial charge is 0.492 e. The molecule has 0 bridgehead atoms. The van der Waals surface area contributed by atoms with Crippen LogP contribution >= 0.6 is 0 Å². The van der Waals surface area contributed by atoms with Crippen LogP contribution in [0.4, 0.5) is 5.69 Å². The lowest BCUT2D eigenvalue weighted by Crippen LogP contribution is -2.23. The first-order valence-electron chi connectivity index (χ1n) is 8.52. The summed E-state index contributed by atoms with van der Waals surface area (Å²) in [6.45, 7) is 2.80. The predicted molar refractivity (Wildman–Crippen MR) is 99.3 cm³/mol. The van der Waals surface area contributed by atoms with Gasteiger partial charge in [-0.2, -0.15) is 0 Å². The Bertz CT molecular complexity index is 660. The van der Waals surface area contributed by atoms with E-state index in [2.05, 4.69) is 5.32 Å². The fourth-order valence-electron chi connectivity index (χ4n) is 2.27. The van der Waals surface area contributed by atoms with Crippen molar-refractivity contribution >= 4 is 21.6 Å². The van der Waals surface area contributed by atoms with E-state index in [0.29, 0.717) is 25.3 Å². The van der Waals surface area contributed by atoms with Crippen LogP contribution < -0.4 is 15.8 Å². The minimum atomic E-state index is -3.67. The standard InChI is InChI=1S/C17H29N3O4S/c1-4-24-15-11-10-14(13-16(15)25(22,23)20(2)3)19-17(21)9-7-5-6-8-12-18/h10-11,13H,4-9,12,18H2,1-3H3,(H,19,21). The van der Waals surface area contributed by atoms with Crippen molar-refractivity contribution in [2.75, 3.05) is 32.6 Å². The topological polar surface area (TPSA) is 102 Å². The van der Waals surface area contributed by atoms with Gasteiger partial charge in [-0.05, 0) is 44.5 Å². The molecule has 7 nitrogen and oxygen atoms in total. The Morgan fingerprint density at radius 3 is 2.48 bits per heavy atom. The molecule has 0 aliphatic heterocycles. The lowest BCUT2D eigenvalue weighted by atomic mass is 10.1. The number of hydrogen-bond donors (Lipinski definition) is 2. The smallest absolute Gasteiger partial charge is 0.246 e. The van der Waals surface area contributed by atoms with Crippen LogP contribution in [0.15, 0.2) is 23.1 Å². The van der Waals surface area contributed by atoms with E-state index in [-0.39, 0.29) is 16.6 Å². The summed E-state index contributed by atoms with van der Waals surface area (Å²) < 4.78 is 31.4. The Balaban J connectivity index is 2.83. The van der Waals surface area contributed by atoms with Gasteiger partial charge >= 0.3 is 0 Å². The number of nitrogens with one attached hydrogen (secondary N) is 1. The Morgan fingerprint density at radius 1 is 1.20 bits per heavy atom. The summed E-state index contributed by atoms with van der Waals surface area (Å²) in [5, 5.41) is 2.75. The van der Waals surface area contributed by atoms with Crippen LogP contribution in [-0.4, -0.2) is 45.9 Å². The van der Waals surface area contributed by atoms with Crippen LogP contribution in [0, 0.1) is 0 Å². The Hall–Kier alpha value is -1.64. The molecule has 142 valence electrons. The third kappa shape index (κ3) is 6.64. The van der Waals surface area contributed by atoms with Gasteiger partial charge in [0.2, 0.25) is 15.9 Å². The Morgan fingerprint density at radius 2 is 1.88 bits per heavy atom. The predicted octanol–water partition coefficient (Wildman–Crippen LogP) is 2.18. The summed E-state index contributed by atoms with van der Waals surface area (Å²) in [7, 11) is -0.758. The number of nitrogens with two attached hydrogens (primary N) is 1. The number of amides is 1. The highest BCUT2D eigenvalue weighted by Gasteiger charge is 2.23. The van der Waals surface area contributed by atoms with Crippen molar-refractivity contribution in [3.8, 4) is 5.75 Å². The van der Waals surface area contributed by atoms with E-state index in [1.807, 2.05) is 0 Å². The van der Waals surface area contributed by atoms with Gasteiger partial charge in [0.15, 0.2) is 0 Å². The summed E-state index contributed by atoms with van der Waals surface area (Å²) in [6.07, 6.45) is 4.11. The van der Waals surface area contributed by atoms with E-state index < -0.39 is 10.0 Å². The van der Waals surface area contributed by atoms with E-state index in [4.69, 9.17) is 10.5 Å². The molecule has 0 saturated carbocycles. The SMILES string of the molecule is CCOc1ccc(NC(=O)CCCCCCN)cc1S(=O)(=O)N(C)C. The van der Waals surface area contributed by atoms with Crippen molar-refractivity contribution < 1.29 is 17.9 Å². The van der Waals surface area contributed by atoms with Crippen molar-refractivity contribution in [2.24, 2.45) is 5.73 Å². The fraction of sp³-hybridized carbons (Fsp3) is 0.588. The number of nitrogens with zero attached hydrogens (tertiary/aromatic N) is 1. The summed E-state index contributed by atoms with van der Waals surface area (Å²) >= 11 is 0. The van der Waals surface area contributed by atoms with Gasteiger partial charge in [-0.15, -0.1) is 0 Å². The van der Waals surface area contributed by atoms with Gasteiger partial charge in [0, 0.05) is 26.2 Å². The van der Waals surface area contributed by atoms with E-state index >= 15 is 0 Å². The number of carbonyl (C=O) groups excluding carboxylic acids is 1. The lowest BCUT2D eigenvalue weighted by molar-refractivity contribution is -0.116. The number of rotatable bonds is 11. The van der Waals surface area contributed by atoms with Crippen molar-refractivity contribution in [2.45, 2.75) is 43.9 Å². The third-order valence-corrected chi connectivity index (χ3v) is 5.48. The number of ether oxygens (including phenoxy) is 1. The van der Waals surface area contributed by atoms with Gasteiger partial charge in [0.25, 0.3) is 0 Å². The number of carbonyl (C=O) groups is 1. The molecular weight excluding hydrogens is 342 g/mol. The zero-order valence-electron chi connectivity index (χ0n) is 15.2.